The van der Waals surface area contributed by atoms with Crippen molar-refractivity contribution in [2.45, 2.75) is 49.5 Å². The number of hydrogen-bond donors (Lipinski definition) is 1. The topological polar surface area (TPSA) is 58.6 Å². The lowest BCUT2D eigenvalue weighted by molar-refractivity contribution is -0.130. The van der Waals surface area contributed by atoms with E-state index in [9.17, 15) is 9.59 Å². The number of piperidine rings is 1. The van der Waals surface area contributed by atoms with Gasteiger partial charge in [-0.15, -0.1) is 11.8 Å². The van der Waals surface area contributed by atoms with Crippen molar-refractivity contribution in [3.05, 3.63) is 30.3 Å². The van der Waals surface area contributed by atoms with E-state index in [0.29, 0.717) is 24.6 Å². The van der Waals surface area contributed by atoms with Gasteiger partial charge < -0.3 is 15.0 Å². The predicted molar refractivity (Wildman–Crippen MR) is 108 cm³/mol. The molecule has 6 heteroatoms. The monoisotopic (exact) mass is 390 g/mol. The first-order chi connectivity index (χ1) is 13.2. The molecule has 2 aliphatic heterocycles. The molecule has 1 aromatic rings. The molecule has 0 radical (unpaired) electrons. The summed E-state index contributed by atoms with van der Waals surface area (Å²) in [5, 5.41) is 2.99. The Kier molecular flexibility index (Phi) is 8.02. The fourth-order valence-corrected chi connectivity index (χ4v) is 4.50. The highest BCUT2D eigenvalue weighted by Gasteiger charge is 2.23. The molecular formula is C21H30N2O3S. The van der Waals surface area contributed by atoms with E-state index >= 15 is 0 Å². The van der Waals surface area contributed by atoms with Gasteiger partial charge in [0.2, 0.25) is 11.8 Å². The van der Waals surface area contributed by atoms with E-state index in [1.807, 2.05) is 35.2 Å². The number of rotatable bonds is 8. The molecule has 0 spiro atoms. The summed E-state index contributed by atoms with van der Waals surface area (Å²) in [5.74, 6) is 1.39. The third-order valence-corrected chi connectivity index (χ3v) is 6.40. The fraction of sp³-hybridized carbons (Fsp3) is 0.619. The van der Waals surface area contributed by atoms with Gasteiger partial charge in [0.25, 0.3) is 0 Å². The van der Waals surface area contributed by atoms with Crippen molar-refractivity contribution in [2.75, 3.05) is 32.0 Å². The number of nitrogens with one attached hydrogen (secondary N) is 1. The Labute approximate surface area is 166 Å². The van der Waals surface area contributed by atoms with Crippen molar-refractivity contribution in [2.24, 2.45) is 5.92 Å². The van der Waals surface area contributed by atoms with E-state index in [2.05, 4.69) is 5.32 Å². The van der Waals surface area contributed by atoms with Gasteiger partial charge in [-0.05, 0) is 50.2 Å². The molecule has 148 valence electrons. The summed E-state index contributed by atoms with van der Waals surface area (Å²) in [5.41, 5.74) is 0. The van der Waals surface area contributed by atoms with Gasteiger partial charge in [-0.3, -0.25) is 9.59 Å². The molecule has 2 aliphatic rings. The smallest absolute Gasteiger partial charge is 0.232 e. The highest BCUT2D eigenvalue weighted by Crippen LogP contribution is 2.24. The number of ether oxygens (including phenoxy) is 1. The molecule has 0 aliphatic carbocycles. The summed E-state index contributed by atoms with van der Waals surface area (Å²) < 4.78 is 5.53. The number of hydrogen-bond acceptors (Lipinski definition) is 4. The molecule has 0 bridgehead atoms. The van der Waals surface area contributed by atoms with Crippen LogP contribution in [0.1, 0.15) is 38.5 Å². The maximum atomic E-state index is 12.4. The standard InChI is InChI=1S/C21H30N2O3S/c24-20(22-15-18-5-4-14-26-18)9-8-17-10-12-23(13-11-17)21(25)16-27-19-6-2-1-3-7-19/h1-3,6-7,17-18H,4-5,8-16H2,(H,22,24)/t18-/m1/s1. The molecular weight excluding hydrogens is 360 g/mol. The molecule has 5 nitrogen and oxygen atoms in total. The molecule has 2 fully saturated rings. The van der Waals surface area contributed by atoms with Gasteiger partial charge in [0.1, 0.15) is 0 Å². The lowest BCUT2D eigenvalue weighted by Gasteiger charge is -2.32. The summed E-state index contributed by atoms with van der Waals surface area (Å²) in [7, 11) is 0. The molecule has 1 N–H and O–H groups in total. The SMILES string of the molecule is O=C(CCC1CCN(C(=O)CSc2ccccc2)CC1)NC[C@H]1CCCO1. The molecule has 1 atom stereocenters. The van der Waals surface area contributed by atoms with Crippen molar-refractivity contribution < 1.29 is 14.3 Å². The van der Waals surface area contributed by atoms with Crippen molar-refractivity contribution in [1.82, 2.24) is 10.2 Å². The van der Waals surface area contributed by atoms with Gasteiger partial charge in [0.05, 0.1) is 11.9 Å². The maximum absolute atomic E-state index is 12.4. The number of benzene rings is 1. The Balaban J connectivity index is 1.28. The Morgan fingerprint density at radius 1 is 1.15 bits per heavy atom. The van der Waals surface area contributed by atoms with Crippen molar-refractivity contribution >= 4 is 23.6 Å². The van der Waals surface area contributed by atoms with Crippen LogP contribution >= 0.6 is 11.8 Å². The van der Waals surface area contributed by atoms with E-state index in [1.54, 1.807) is 11.8 Å². The number of carbonyl (C=O) groups is 2. The van der Waals surface area contributed by atoms with Crippen LogP contribution in [0.15, 0.2) is 35.2 Å². The van der Waals surface area contributed by atoms with Crippen LogP contribution in [0.4, 0.5) is 0 Å². The van der Waals surface area contributed by atoms with Crippen LogP contribution in [0.5, 0.6) is 0 Å². The number of thioether (sulfide) groups is 1. The van der Waals surface area contributed by atoms with Gasteiger partial charge in [-0.1, -0.05) is 18.2 Å². The van der Waals surface area contributed by atoms with Gasteiger partial charge in [0.15, 0.2) is 0 Å². The number of amides is 2. The second-order valence-electron chi connectivity index (χ2n) is 7.40. The van der Waals surface area contributed by atoms with Crippen LogP contribution in [0, 0.1) is 5.92 Å². The quantitative estimate of drug-likeness (QED) is 0.693. The van der Waals surface area contributed by atoms with Crippen molar-refractivity contribution in [1.29, 1.82) is 0 Å². The Morgan fingerprint density at radius 2 is 1.93 bits per heavy atom. The highest BCUT2D eigenvalue weighted by molar-refractivity contribution is 8.00. The van der Waals surface area contributed by atoms with Crippen LogP contribution < -0.4 is 5.32 Å². The molecule has 0 saturated carbocycles. The zero-order chi connectivity index (χ0) is 18.9. The van der Waals surface area contributed by atoms with Crippen LogP contribution in [0.25, 0.3) is 0 Å². The normalized spacial score (nSPS) is 20.6. The summed E-state index contributed by atoms with van der Waals surface area (Å²) >= 11 is 1.60. The third-order valence-electron chi connectivity index (χ3n) is 5.40. The molecule has 2 amide bonds. The van der Waals surface area contributed by atoms with Crippen LogP contribution in [-0.2, 0) is 14.3 Å². The van der Waals surface area contributed by atoms with Crippen LogP contribution in [-0.4, -0.2) is 54.8 Å². The Hall–Kier alpha value is -1.53. The van der Waals surface area contributed by atoms with E-state index in [0.717, 1.165) is 56.7 Å². The maximum Gasteiger partial charge on any atom is 0.232 e. The molecule has 2 saturated heterocycles. The highest BCUT2D eigenvalue weighted by atomic mass is 32.2. The average Bonchev–Trinajstić information content (AvgIpc) is 3.24. The summed E-state index contributed by atoms with van der Waals surface area (Å²) in [6, 6.07) is 10.0. The van der Waals surface area contributed by atoms with E-state index in [1.165, 1.54) is 0 Å². The number of carbonyl (C=O) groups excluding carboxylic acids is 2. The average molecular weight is 391 g/mol. The predicted octanol–water partition coefficient (Wildman–Crippen LogP) is 3.09. The third kappa shape index (κ3) is 6.85. The fourth-order valence-electron chi connectivity index (χ4n) is 3.68. The summed E-state index contributed by atoms with van der Waals surface area (Å²) in [4.78, 5) is 27.5. The first-order valence-electron chi connectivity index (χ1n) is 10.0. The van der Waals surface area contributed by atoms with Crippen molar-refractivity contribution in [3.8, 4) is 0 Å². The second-order valence-corrected chi connectivity index (χ2v) is 8.45. The van der Waals surface area contributed by atoms with E-state index < -0.39 is 0 Å². The van der Waals surface area contributed by atoms with Crippen LogP contribution in [0.3, 0.4) is 0 Å². The van der Waals surface area contributed by atoms with Gasteiger partial charge in [-0.25, -0.2) is 0 Å². The minimum absolute atomic E-state index is 0.128. The van der Waals surface area contributed by atoms with E-state index in [-0.39, 0.29) is 17.9 Å². The zero-order valence-electron chi connectivity index (χ0n) is 15.9. The molecule has 27 heavy (non-hydrogen) atoms. The minimum Gasteiger partial charge on any atom is -0.376 e. The van der Waals surface area contributed by atoms with Gasteiger partial charge >= 0.3 is 0 Å². The summed E-state index contributed by atoms with van der Waals surface area (Å²) in [6.45, 7) is 3.10. The molecule has 0 aromatic heterocycles. The molecule has 0 unspecified atom stereocenters. The Bertz CT molecular complexity index is 597. The van der Waals surface area contributed by atoms with E-state index in [4.69, 9.17) is 4.74 Å². The lowest BCUT2D eigenvalue weighted by Crippen LogP contribution is -2.39. The largest absolute Gasteiger partial charge is 0.376 e. The molecule has 2 heterocycles. The molecule has 3 rings (SSSR count). The number of nitrogens with zero attached hydrogens (tertiary/aromatic N) is 1. The lowest BCUT2D eigenvalue weighted by atomic mass is 9.92. The van der Waals surface area contributed by atoms with Crippen LogP contribution in [0.2, 0.25) is 0 Å². The zero-order valence-corrected chi connectivity index (χ0v) is 16.7. The first-order valence-corrected chi connectivity index (χ1v) is 11.0. The van der Waals surface area contributed by atoms with Crippen molar-refractivity contribution in [3.63, 3.8) is 0 Å². The Morgan fingerprint density at radius 3 is 2.63 bits per heavy atom. The minimum atomic E-state index is 0.128. The van der Waals surface area contributed by atoms with Gasteiger partial charge in [-0.2, -0.15) is 0 Å². The summed E-state index contributed by atoms with van der Waals surface area (Å²) in [6.07, 6.45) is 5.85. The first kappa shape index (κ1) is 20.2. The molecule has 1 aromatic carbocycles. The number of likely N-dealkylation sites (tertiary alicyclic amines) is 1. The van der Waals surface area contributed by atoms with Gasteiger partial charge in [0, 0.05) is 37.6 Å². The second kappa shape index (κ2) is 10.7.